The first-order valence-corrected chi connectivity index (χ1v) is 7.57. The minimum absolute atomic E-state index is 0.0360. The molecule has 0 aromatic heterocycles. The van der Waals surface area contributed by atoms with Crippen LogP contribution in [0.3, 0.4) is 0 Å². The van der Waals surface area contributed by atoms with Crippen LogP contribution >= 0.6 is 22.6 Å². The fraction of sp³-hybridized carbons (Fsp3) is 0.833. The monoisotopic (exact) mass is 508 g/mol. The van der Waals surface area contributed by atoms with Gasteiger partial charge in [-0.2, -0.15) is 43.9 Å². The van der Waals surface area contributed by atoms with Gasteiger partial charge in [0.2, 0.25) is 0 Å². The van der Waals surface area contributed by atoms with Crippen molar-refractivity contribution < 1.29 is 54.1 Å². The lowest BCUT2D eigenvalue weighted by Crippen LogP contribution is -2.36. The zero-order valence-corrected chi connectivity index (χ0v) is 14.5. The summed E-state index contributed by atoms with van der Waals surface area (Å²) >= 11 is 1.33. The average molecular weight is 508 g/mol. The van der Waals surface area contributed by atoms with E-state index in [0.717, 1.165) is 0 Å². The first-order valence-electron chi connectivity index (χ1n) is 6.50. The van der Waals surface area contributed by atoms with Gasteiger partial charge in [-0.1, -0.05) is 0 Å². The van der Waals surface area contributed by atoms with E-state index in [-0.39, 0.29) is 35.5 Å². The first kappa shape index (κ1) is 26.9. The van der Waals surface area contributed by atoms with E-state index in [4.69, 9.17) is 10.2 Å². The van der Waals surface area contributed by atoms with Gasteiger partial charge in [0.1, 0.15) is 0 Å². The molecule has 0 fully saturated rings. The summed E-state index contributed by atoms with van der Waals surface area (Å²) in [5.74, 6) is -9.44. The summed E-state index contributed by atoms with van der Waals surface area (Å²) in [6.07, 6.45) is -13.1. The molecule has 0 heterocycles. The van der Waals surface area contributed by atoms with Crippen molar-refractivity contribution in [2.45, 2.75) is 49.9 Å². The molecule has 0 aliphatic carbocycles. The number of halogens is 11. The van der Waals surface area contributed by atoms with Crippen LogP contribution in [0, 0.1) is 0 Å². The maximum absolute atomic E-state index is 12.2. The van der Waals surface area contributed by atoms with Crippen LogP contribution in [0.15, 0.2) is 9.66 Å². The Morgan fingerprint density at radius 2 is 1.24 bits per heavy atom. The van der Waals surface area contributed by atoms with Gasteiger partial charge in [-0.05, 0) is 39.0 Å². The molecule has 0 saturated heterocycles. The van der Waals surface area contributed by atoms with Crippen molar-refractivity contribution in [2.24, 2.45) is 0 Å². The number of alkyl halides is 10. The quantitative estimate of drug-likeness (QED) is 0.281. The SMILES string of the molecule is OCCC(I)=CC(F)(F)C(F)(F)F.OCCCCC(F)(F)C(F)(F)F. The lowest BCUT2D eigenvalue weighted by atomic mass is 10.1. The Kier molecular flexibility index (Phi) is 11.6. The third-order valence-electron chi connectivity index (χ3n) is 2.38. The predicted octanol–water partition coefficient (Wildman–Crippen LogP) is 5.23. The number of hydrogen-bond acceptors (Lipinski definition) is 2. The maximum Gasteiger partial charge on any atom is 0.457 e. The van der Waals surface area contributed by atoms with E-state index >= 15 is 0 Å². The van der Waals surface area contributed by atoms with E-state index in [1.165, 1.54) is 22.6 Å². The van der Waals surface area contributed by atoms with Crippen molar-refractivity contribution in [1.82, 2.24) is 0 Å². The second-order valence-electron chi connectivity index (χ2n) is 4.57. The highest BCUT2D eigenvalue weighted by Crippen LogP contribution is 2.39. The minimum atomic E-state index is -5.57. The summed E-state index contributed by atoms with van der Waals surface area (Å²) in [7, 11) is 0. The molecule has 0 spiro atoms. The standard InChI is InChI=1S/C6H6F5IO.C6H9F5O/c7-5(8,6(9,10)11)3-4(12)1-2-13;7-5(8,6(9,10)11)3-1-2-4-12/h3,13H,1-2H2;12H,1-4H2. The predicted molar refractivity (Wildman–Crippen MR) is 76.7 cm³/mol. The van der Waals surface area contributed by atoms with Gasteiger partial charge in [0.25, 0.3) is 0 Å². The summed E-state index contributed by atoms with van der Waals surface area (Å²) in [5.41, 5.74) is 0. The second kappa shape index (κ2) is 10.7. The van der Waals surface area contributed by atoms with Gasteiger partial charge < -0.3 is 10.2 Å². The van der Waals surface area contributed by atoms with Gasteiger partial charge in [-0.3, -0.25) is 0 Å². The van der Waals surface area contributed by atoms with Gasteiger partial charge >= 0.3 is 24.2 Å². The molecule has 152 valence electrons. The van der Waals surface area contributed by atoms with Crippen LogP contribution < -0.4 is 0 Å². The van der Waals surface area contributed by atoms with Crippen molar-refractivity contribution in [3.63, 3.8) is 0 Å². The fourth-order valence-electron chi connectivity index (χ4n) is 1.06. The van der Waals surface area contributed by atoms with E-state index in [2.05, 4.69) is 0 Å². The Labute approximate surface area is 150 Å². The van der Waals surface area contributed by atoms with Gasteiger partial charge in [0.05, 0.1) is 0 Å². The van der Waals surface area contributed by atoms with E-state index in [0.29, 0.717) is 0 Å². The lowest BCUT2D eigenvalue weighted by Gasteiger charge is -2.18. The molecule has 2 N–H and O–H groups in total. The molecule has 0 aromatic carbocycles. The third-order valence-corrected chi connectivity index (χ3v) is 3.23. The van der Waals surface area contributed by atoms with Crippen LogP contribution in [-0.4, -0.2) is 47.6 Å². The molecule has 0 rings (SSSR count). The molecule has 0 unspecified atom stereocenters. The molecule has 0 radical (unpaired) electrons. The second-order valence-corrected chi connectivity index (χ2v) is 5.95. The number of aliphatic hydroxyl groups is 2. The molecule has 0 aromatic rings. The normalized spacial score (nSPS) is 14.2. The van der Waals surface area contributed by atoms with E-state index in [1.54, 1.807) is 0 Å². The molecule has 2 nitrogen and oxygen atoms in total. The van der Waals surface area contributed by atoms with Crippen LogP contribution in [0.1, 0.15) is 25.7 Å². The van der Waals surface area contributed by atoms with Crippen LogP contribution in [0.25, 0.3) is 0 Å². The van der Waals surface area contributed by atoms with Gasteiger partial charge in [0, 0.05) is 32.1 Å². The van der Waals surface area contributed by atoms with Gasteiger partial charge in [-0.25, -0.2) is 0 Å². The number of aliphatic hydroxyl groups excluding tert-OH is 2. The van der Waals surface area contributed by atoms with Crippen molar-refractivity contribution in [2.75, 3.05) is 13.2 Å². The number of hydrogen-bond donors (Lipinski definition) is 2. The third kappa shape index (κ3) is 11.1. The average Bonchev–Trinajstić information content (AvgIpc) is 2.36. The van der Waals surface area contributed by atoms with Crippen LogP contribution in [0.4, 0.5) is 43.9 Å². The van der Waals surface area contributed by atoms with Gasteiger partial charge in [0.15, 0.2) is 0 Å². The number of rotatable bonds is 7. The largest absolute Gasteiger partial charge is 0.457 e. The fourth-order valence-corrected chi connectivity index (χ4v) is 1.69. The minimum Gasteiger partial charge on any atom is -0.396 e. The van der Waals surface area contributed by atoms with Gasteiger partial charge in [-0.15, -0.1) is 0 Å². The molecule has 0 amide bonds. The molecule has 0 saturated carbocycles. The number of unbranched alkanes of at least 4 members (excludes halogenated alkanes) is 1. The Morgan fingerprint density at radius 3 is 1.56 bits per heavy atom. The van der Waals surface area contributed by atoms with E-state index in [1.807, 2.05) is 0 Å². The lowest BCUT2D eigenvalue weighted by molar-refractivity contribution is -0.284. The zero-order valence-electron chi connectivity index (χ0n) is 12.4. The molecule has 0 aliphatic heterocycles. The highest BCUT2D eigenvalue weighted by molar-refractivity contribution is 14.1. The first-order chi connectivity index (χ1) is 11.0. The molecule has 25 heavy (non-hydrogen) atoms. The molecule has 0 bridgehead atoms. The zero-order chi connectivity index (χ0) is 20.5. The summed E-state index contributed by atoms with van der Waals surface area (Å²) < 4.78 is 117. The Morgan fingerprint density at radius 1 is 0.760 bits per heavy atom. The van der Waals surface area contributed by atoms with Crippen LogP contribution in [0.5, 0.6) is 0 Å². The Hall–Kier alpha value is -0.310. The van der Waals surface area contributed by atoms with Crippen LogP contribution in [0.2, 0.25) is 0 Å². The van der Waals surface area contributed by atoms with Crippen molar-refractivity contribution >= 4 is 22.6 Å². The van der Waals surface area contributed by atoms with Crippen LogP contribution in [-0.2, 0) is 0 Å². The van der Waals surface area contributed by atoms with Crippen molar-refractivity contribution in [3.05, 3.63) is 9.66 Å². The Balaban J connectivity index is 0. The summed E-state index contributed by atoms with van der Waals surface area (Å²) in [4.78, 5) is 0. The van der Waals surface area contributed by atoms with Crippen molar-refractivity contribution in [3.8, 4) is 0 Å². The smallest absolute Gasteiger partial charge is 0.396 e. The highest BCUT2D eigenvalue weighted by Gasteiger charge is 2.56. The Bertz CT molecular complexity index is 404. The summed E-state index contributed by atoms with van der Waals surface area (Å²) in [5, 5.41) is 16.4. The van der Waals surface area contributed by atoms with Crippen molar-refractivity contribution in [1.29, 1.82) is 0 Å². The van der Waals surface area contributed by atoms with E-state index < -0.39 is 37.2 Å². The maximum atomic E-state index is 12.2. The number of allylic oxidation sites excluding steroid dienone is 1. The molecular weight excluding hydrogens is 493 g/mol. The van der Waals surface area contributed by atoms with E-state index in [9.17, 15) is 43.9 Å². The topological polar surface area (TPSA) is 40.5 Å². The molecule has 0 aliphatic rings. The molecule has 0 atom stereocenters. The summed E-state index contributed by atoms with van der Waals surface area (Å²) in [6, 6.07) is 0. The molecular formula is C12H15F10IO2. The molecule has 13 heteroatoms. The summed E-state index contributed by atoms with van der Waals surface area (Å²) in [6.45, 7) is -0.823. The highest BCUT2D eigenvalue weighted by atomic mass is 127.